The molecule has 3 rings (SSSR count). The van der Waals surface area contributed by atoms with Crippen molar-refractivity contribution in [2.24, 2.45) is 4.99 Å². The average Bonchev–Trinajstić information content (AvgIpc) is 3.40. The second-order valence-electron chi connectivity index (χ2n) is 6.85. The number of rotatable bonds is 7. The molecule has 1 saturated heterocycles. The van der Waals surface area contributed by atoms with E-state index in [4.69, 9.17) is 9.47 Å². The van der Waals surface area contributed by atoms with Gasteiger partial charge in [0.25, 0.3) is 0 Å². The van der Waals surface area contributed by atoms with Crippen LogP contribution in [0.2, 0.25) is 0 Å². The minimum absolute atomic E-state index is 0. The Labute approximate surface area is 189 Å². The number of aromatic nitrogens is 3. The van der Waals surface area contributed by atoms with E-state index in [9.17, 15) is 0 Å². The minimum atomic E-state index is 0. The number of likely N-dealkylation sites (tertiary alicyclic amines) is 1. The van der Waals surface area contributed by atoms with Crippen molar-refractivity contribution in [1.29, 1.82) is 0 Å². The van der Waals surface area contributed by atoms with Crippen LogP contribution >= 0.6 is 24.0 Å². The fraction of sp³-hybridized carbons (Fsp3) is 0.550. The van der Waals surface area contributed by atoms with Crippen molar-refractivity contribution in [1.82, 2.24) is 25.0 Å². The van der Waals surface area contributed by atoms with Crippen LogP contribution in [0.5, 0.6) is 11.5 Å². The maximum Gasteiger partial charge on any atom is 0.193 e. The highest BCUT2D eigenvalue weighted by Crippen LogP contribution is 2.32. The van der Waals surface area contributed by atoms with Crippen molar-refractivity contribution in [3.63, 3.8) is 0 Å². The standard InChI is InChI=1S/C20H30N6O2.HI/c1-5-19-24-23-14-26(19)9-7-22-20(21-2)25-8-6-15(13-25)16-10-17(27-3)12-18(11-16)28-4;/h10-12,14-15H,5-9,13H2,1-4H3,(H,21,22);1H. The quantitative estimate of drug-likeness (QED) is 0.348. The van der Waals surface area contributed by atoms with Crippen molar-refractivity contribution < 1.29 is 9.47 Å². The summed E-state index contributed by atoms with van der Waals surface area (Å²) < 4.78 is 12.9. The second-order valence-corrected chi connectivity index (χ2v) is 6.85. The number of nitrogens with one attached hydrogen (secondary N) is 1. The molecule has 160 valence electrons. The molecule has 1 N–H and O–H groups in total. The summed E-state index contributed by atoms with van der Waals surface area (Å²) in [5.41, 5.74) is 1.24. The van der Waals surface area contributed by atoms with E-state index in [1.165, 1.54) is 5.56 Å². The van der Waals surface area contributed by atoms with Gasteiger partial charge in [0.05, 0.1) is 14.2 Å². The number of aryl methyl sites for hydroxylation is 1. The van der Waals surface area contributed by atoms with Crippen LogP contribution in [-0.2, 0) is 13.0 Å². The van der Waals surface area contributed by atoms with Crippen LogP contribution in [0.25, 0.3) is 0 Å². The highest BCUT2D eigenvalue weighted by molar-refractivity contribution is 14.0. The molecule has 1 unspecified atom stereocenters. The zero-order chi connectivity index (χ0) is 19.9. The zero-order valence-electron chi connectivity index (χ0n) is 17.6. The molecule has 1 aliphatic heterocycles. The molecule has 0 radical (unpaired) electrons. The molecule has 9 heteroatoms. The third kappa shape index (κ3) is 5.74. The number of guanidine groups is 1. The molecule has 1 aromatic heterocycles. The molecule has 0 bridgehead atoms. The lowest BCUT2D eigenvalue weighted by Crippen LogP contribution is -2.41. The number of ether oxygens (including phenoxy) is 2. The van der Waals surface area contributed by atoms with Gasteiger partial charge in [0.15, 0.2) is 5.96 Å². The predicted octanol–water partition coefficient (Wildman–Crippen LogP) is 2.54. The molecule has 1 aromatic carbocycles. The van der Waals surface area contributed by atoms with Gasteiger partial charge < -0.3 is 24.3 Å². The normalized spacial score (nSPS) is 16.5. The summed E-state index contributed by atoms with van der Waals surface area (Å²) in [7, 11) is 5.20. The van der Waals surface area contributed by atoms with Gasteiger partial charge in [-0.1, -0.05) is 6.92 Å². The lowest BCUT2D eigenvalue weighted by Gasteiger charge is -2.22. The first-order valence-electron chi connectivity index (χ1n) is 9.73. The molecule has 2 aromatic rings. The number of aliphatic imine (C=N–C) groups is 1. The summed E-state index contributed by atoms with van der Waals surface area (Å²) in [5.74, 6) is 4.02. The van der Waals surface area contributed by atoms with Gasteiger partial charge >= 0.3 is 0 Å². The van der Waals surface area contributed by atoms with Gasteiger partial charge in [-0.05, 0) is 24.1 Å². The predicted molar refractivity (Wildman–Crippen MR) is 125 cm³/mol. The zero-order valence-corrected chi connectivity index (χ0v) is 19.9. The SMILES string of the molecule is CCc1nncn1CCNC(=NC)N1CCC(c2cc(OC)cc(OC)c2)C1.I. The number of halogens is 1. The van der Waals surface area contributed by atoms with Crippen LogP contribution in [0.15, 0.2) is 29.5 Å². The Bertz CT molecular complexity index is 788. The average molecular weight is 514 g/mol. The van der Waals surface area contributed by atoms with Crippen molar-refractivity contribution in [2.45, 2.75) is 32.2 Å². The molecule has 2 heterocycles. The van der Waals surface area contributed by atoms with Gasteiger partial charge in [0.1, 0.15) is 23.7 Å². The molecule has 0 spiro atoms. The summed E-state index contributed by atoms with van der Waals surface area (Å²) in [4.78, 5) is 6.78. The van der Waals surface area contributed by atoms with E-state index in [0.717, 1.165) is 62.3 Å². The van der Waals surface area contributed by atoms with E-state index in [2.05, 4.69) is 49.0 Å². The number of hydrogen-bond acceptors (Lipinski definition) is 5. The van der Waals surface area contributed by atoms with Crippen LogP contribution in [0.3, 0.4) is 0 Å². The molecule has 8 nitrogen and oxygen atoms in total. The largest absolute Gasteiger partial charge is 0.497 e. The third-order valence-electron chi connectivity index (χ3n) is 5.19. The molecule has 0 saturated carbocycles. The van der Waals surface area contributed by atoms with Gasteiger partial charge in [0.2, 0.25) is 0 Å². The molecule has 1 fully saturated rings. The molecule has 1 aliphatic rings. The monoisotopic (exact) mass is 514 g/mol. The number of methoxy groups -OCH3 is 2. The van der Waals surface area contributed by atoms with Crippen molar-refractivity contribution >= 4 is 29.9 Å². The van der Waals surface area contributed by atoms with E-state index >= 15 is 0 Å². The summed E-state index contributed by atoms with van der Waals surface area (Å²) in [6.45, 7) is 5.58. The fourth-order valence-corrected chi connectivity index (χ4v) is 3.65. The third-order valence-corrected chi connectivity index (χ3v) is 5.19. The van der Waals surface area contributed by atoms with Gasteiger partial charge in [0, 0.05) is 51.6 Å². The Morgan fingerprint density at radius 2 is 1.97 bits per heavy atom. The van der Waals surface area contributed by atoms with Gasteiger partial charge in [-0.25, -0.2) is 0 Å². The van der Waals surface area contributed by atoms with Crippen molar-refractivity contribution in [3.05, 3.63) is 35.9 Å². The molecule has 1 atom stereocenters. The van der Waals surface area contributed by atoms with E-state index in [0.29, 0.717) is 5.92 Å². The lowest BCUT2D eigenvalue weighted by atomic mass is 9.98. The van der Waals surface area contributed by atoms with Gasteiger partial charge in [-0.15, -0.1) is 34.2 Å². The fourth-order valence-electron chi connectivity index (χ4n) is 3.65. The summed E-state index contributed by atoms with van der Waals surface area (Å²) in [5, 5.41) is 11.6. The molecule has 0 amide bonds. The minimum Gasteiger partial charge on any atom is -0.497 e. The van der Waals surface area contributed by atoms with Crippen molar-refractivity contribution in [3.8, 4) is 11.5 Å². The van der Waals surface area contributed by atoms with Crippen LogP contribution in [0.1, 0.15) is 30.7 Å². The lowest BCUT2D eigenvalue weighted by molar-refractivity contribution is 0.392. The Kier molecular flexibility index (Phi) is 8.99. The van der Waals surface area contributed by atoms with Crippen molar-refractivity contribution in [2.75, 3.05) is 40.9 Å². The smallest absolute Gasteiger partial charge is 0.193 e. The molecule has 29 heavy (non-hydrogen) atoms. The van der Waals surface area contributed by atoms with Gasteiger partial charge in [-0.3, -0.25) is 4.99 Å². The van der Waals surface area contributed by atoms with Crippen LogP contribution < -0.4 is 14.8 Å². The van der Waals surface area contributed by atoms with E-state index < -0.39 is 0 Å². The van der Waals surface area contributed by atoms with E-state index in [1.807, 2.05) is 13.1 Å². The maximum absolute atomic E-state index is 5.42. The van der Waals surface area contributed by atoms with Crippen LogP contribution in [0, 0.1) is 0 Å². The molecule has 0 aliphatic carbocycles. The van der Waals surface area contributed by atoms with E-state index in [1.54, 1.807) is 20.5 Å². The first-order chi connectivity index (χ1) is 13.7. The summed E-state index contributed by atoms with van der Waals surface area (Å²) in [6.07, 6.45) is 3.74. The van der Waals surface area contributed by atoms with Crippen LogP contribution in [0.4, 0.5) is 0 Å². The maximum atomic E-state index is 5.42. The van der Waals surface area contributed by atoms with Gasteiger partial charge in [-0.2, -0.15) is 0 Å². The first-order valence-corrected chi connectivity index (χ1v) is 9.73. The Morgan fingerprint density at radius 3 is 2.59 bits per heavy atom. The highest BCUT2D eigenvalue weighted by Gasteiger charge is 2.26. The molecular weight excluding hydrogens is 483 g/mol. The number of benzene rings is 1. The number of hydrogen-bond donors (Lipinski definition) is 1. The highest BCUT2D eigenvalue weighted by atomic mass is 127. The second kappa shape index (κ2) is 11.2. The summed E-state index contributed by atoms with van der Waals surface area (Å²) >= 11 is 0. The first kappa shape index (κ1) is 23.2. The van der Waals surface area contributed by atoms with Crippen LogP contribution in [-0.4, -0.2) is 66.5 Å². The van der Waals surface area contributed by atoms with E-state index in [-0.39, 0.29) is 24.0 Å². The summed E-state index contributed by atoms with van der Waals surface area (Å²) in [6, 6.07) is 6.11. The topological polar surface area (TPSA) is 76.8 Å². The Hall–Kier alpha value is -2.04. The number of nitrogens with zero attached hydrogens (tertiary/aromatic N) is 5. The Balaban J connectivity index is 0.00000300. The Morgan fingerprint density at radius 1 is 1.24 bits per heavy atom. The molecular formula is C20H31IN6O2.